The van der Waals surface area contributed by atoms with Gasteiger partial charge in [0.1, 0.15) is 11.4 Å². The number of thiophene rings is 1. The predicted molar refractivity (Wildman–Crippen MR) is 101 cm³/mol. The fourth-order valence-corrected chi connectivity index (χ4v) is 3.50. The van der Waals surface area contributed by atoms with E-state index in [1.54, 1.807) is 53.7 Å². The lowest BCUT2D eigenvalue weighted by Gasteiger charge is -2.21. The standard InChI is InChI=1S/C19H21N3O3S/c1-13-3-8-16(26-13)12-22(9-10-25-2)19(24)18-11-17(20-21-18)14-4-6-15(23)7-5-14/h3-8,11,23H,9-10,12H2,1-2H3,(H,20,21). The number of nitrogens with zero attached hydrogens (tertiary/aromatic N) is 2. The highest BCUT2D eigenvalue weighted by molar-refractivity contribution is 7.11. The molecule has 1 amide bonds. The molecule has 0 unspecified atom stereocenters. The summed E-state index contributed by atoms with van der Waals surface area (Å²) in [5.41, 5.74) is 1.92. The van der Waals surface area contributed by atoms with Gasteiger partial charge in [0, 0.05) is 29.0 Å². The molecular weight excluding hydrogens is 350 g/mol. The largest absolute Gasteiger partial charge is 0.508 e. The van der Waals surface area contributed by atoms with E-state index in [1.165, 1.54) is 4.88 Å². The molecule has 1 aromatic carbocycles. The van der Waals surface area contributed by atoms with Gasteiger partial charge in [-0.2, -0.15) is 5.10 Å². The van der Waals surface area contributed by atoms with E-state index in [4.69, 9.17) is 4.74 Å². The second-order valence-electron chi connectivity index (χ2n) is 5.95. The van der Waals surface area contributed by atoms with Gasteiger partial charge in [0.2, 0.25) is 0 Å². The van der Waals surface area contributed by atoms with Crippen LogP contribution >= 0.6 is 11.3 Å². The first-order valence-electron chi connectivity index (χ1n) is 8.25. The monoisotopic (exact) mass is 371 g/mol. The quantitative estimate of drug-likeness (QED) is 0.667. The fraction of sp³-hybridized carbons (Fsp3) is 0.263. The second-order valence-corrected chi connectivity index (χ2v) is 7.32. The molecule has 2 N–H and O–H groups in total. The van der Waals surface area contributed by atoms with Gasteiger partial charge in [-0.1, -0.05) is 0 Å². The molecule has 0 aliphatic heterocycles. The molecule has 26 heavy (non-hydrogen) atoms. The van der Waals surface area contributed by atoms with Crippen LogP contribution < -0.4 is 0 Å². The molecule has 0 aliphatic rings. The number of carbonyl (C=O) groups excluding carboxylic acids is 1. The Hall–Kier alpha value is -2.64. The lowest BCUT2D eigenvalue weighted by Crippen LogP contribution is -2.33. The van der Waals surface area contributed by atoms with Crippen LogP contribution in [0.4, 0.5) is 0 Å². The van der Waals surface area contributed by atoms with E-state index < -0.39 is 0 Å². The minimum Gasteiger partial charge on any atom is -0.508 e. The highest BCUT2D eigenvalue weighted by atomic mass is 32.1. The van der Waals surface area contributed by atoms with Crippen molar-refractivity contribution in [1.82, 2.24) is 15.1 Å². The van der Waals surface area contributed by atoms with Crippen LogP contribution in [0.25, 0.3) is 11.3 Å². The van der Waals surface area contributed by atoms with Crippen molar-refractivity contribution in [2.45, 2.75) is 13.5 Å². The van der Waals surface area contributed by atoms with E-state index in [9.17, 15) is 9.90 Å². The zero-order chi connectivity index (χ0) is 18.5. The highest BCUT2D eigenvalue weighted by Crippen LogP contribution is 2.22. The third-order valence-corrected chi connectivity index (χ3v) is 4.95. The number of phenolic OH excluding ortho intramolecular Hbond substituents is 1. The molecule has 0 fully saturated rings. The molecule has 0 atom stereocenters. The van der Waals surface area contributed by atoms with Crippen molar-refractivity contribution in [3.05, 3.63) is 57.9 Å². The number of nitrogens with one attached hydrogen (secondary N) is 1. The first kappa shape index (κ1) is 18.2. The zero-order valence-corrected chi connectivity index (χ0v) is 15.5. The van der Waals surface area contributed by atoms with Crippen molar-refractivity contribution in [2.24, 2.45) is 0 Å². The number of rotatable bonds is 7. The number of amides is 1. The van der Waals surface area contributed by atoms with Gasteiger partial charge >= 0.3 is 0 Å². The number of aromatic nitrogens is 2. The SMILES string of the molecule is COCCN(Cc1ccc(C)s1)C(=O)c1cc(-c2ccc(O)cc2)n[nH]1. The van der Waals surface area contributed by atoms with Crippen molar-refractivity contribution in [3.63, 3.8) is 0 Å². The Morgan fingerprint density at radius 3 is 2.69 bits per heavy atom. The first-order chi connectivity index (χ1) is 12.6. The second kappa shape index (κ2) is 8.16. The molecule has 0 saturated heterocycles. The molecule has 3 aromatic rings. The lowest BCUT2D eigenvalue weighted by molar-refractivity contribution is 0.0676. The smallest absolute Gasteiger partial charge is 0.272 e. The molecule has 7 heteroatoms. The Bertz CT molecular complexity index is 870. The number of H-pyrrole nitrogens is 1. The summed E-state index contributed by atoms with van der Waals surface area (Å²) in [4.78, 5) is 17.0. The molecule has 3 rings (SSSR count). The van der Waals surface area contributed by atoms with Crippen LogP contribution in [0.15, 0.2) is 42.5 Å². The Morgan fingerprint density at radius 2 is 2.04 bits per heavy atom. The molecule has 0 spiro atoms. The fourth-order valence-electron chi connectivity index (χ4n) is 2.59. The first-order valence-corrected chi connectivity index (χ1v) is 9.07. The van der Waals surface area contributed by atoms with Crippen LogP contribution in [0.5, 0.6) is 5.75 Å². The Labute approximate surface area is 156 Å². The molecule has 0 radical (unpaired) electrons. The van der Waals surface area contributed by atoms with Crippen molar-refractivity contribution < 1.29 is 14.6 Å². The molecule has 0 aliphatic carbocycles. The summed E-state index contributed by atoms with van der Waals surface area (Å²) < 4.78 is 5.15. The van der Waals surface area contributed by atoms with Crippen molar-refractivity contribution in [1.29, 1.82) is 0 Å². The summed E-state index contributed by atoms with van der Waals surface area (Å²) in [7, 11) is 1.62. The third-order valence-electron chi connectivity index (χ3n) is 3.97. The molecule has 2 aromatic heterocycles. The maximum absolute atomic E-state index is 12.9. The summed E-state index contributed by atoms with van der Waals surface area (Å²) in [5.74, 6) is 0.0724. The number of benzene rings is 1. The average Bonchev–Trinajstić information content (AvgIpc) is 3.28. The number of aryl methyl sites for hydroxylation is 1. The van der Waals surface area contributed by atoms with E-state index >= 15 is 0 Å². The van der Waals surface area contributed by atoms with Crippen LogP contribution in [0, 0.1) is 6.92 Å². The topological polar surface area (TPSA) is 78.4 Å². The van der Waals surface area contributed by atoms with Gasteiger partial charge in [0.05, 0.1) is 18.8 Å². The summed E-state index contributed by atoms with van der Waals surface area (Å²) in [6.45, 7) is 3.55. The maximum Gasteiger partial charge on any atom is 0.272 e. The number of carbonyl (C=O) groups is 1. The van der Waals surface area contributed by atoms with Gasteiger partial charge in [0.25, 0.3) is 5.91 Å². The third kappa shape index (κ3) is 4.30. The van der Waals surface area contributed by atoms with Crippen LogP contribution in [0.2, 0.25) is 0 Å². The summed E-state index contributed by atoms with van der Waals surface area (Å²) in [6, 6.07) is 12.5. The molecule has 0 bridgehead atoms. The Morgan fingerprint density at radius 1 is 1.27 bits per heavy atom. The molecular formula is C19H21N3O3S. The van der Waals surface area contributed by atoms with Crippen LogP contribution in [0.3, 0.4) is 0 Å². The van der Waals surface area contributed by atoms with E-state index in [0.717, 1.165) is 10.4 Å². The number of hydrogen-bond donors (Lipinski definition) is 2. The maximum atomic E-state index is 12.9. The van der Waals surface area contributed by atoms with E-state index in [2.05, 4.69) is 16.3 Å². The molecule has 0 saturated carbocycles. The Balaban J connectivity index is 1.78. The molecule has 2 heterocycles. The minimum absolute atomic E-state index is 0.120. The van der Waals surface area contributed by atoms with Crippen molar-refractivity contribution in [3.8, 4) is 17.0 Å². The van der Waals surface area contributed by atoms with Crippen LogP contribution in [-0.2, 0) is 11.3 Å². The molecule has 6 nitrogen and oxygen atoms in total. The number of aromatic amines is 1. The van der Waals surface area contributed by atoms with Gasteiger partial charge in [-0.25, -0.2) is 0 Å². The lowest BCUT2D eigenvalue weighted by atomic mass is 10.1. The van der Waals surface area contributed by atoms with Gasteiger partial charge in [-0.3, -0.25) is 9.89 Å². The predicted octanol–water partition coefficient (Wildman–Crippen LogP) is 3.44. The summed E-state index contributed by atoms with van der Waals surface area (Å²) in [5, 5.41) is 16.4. The number of methoxy groups -OCH3 is 1. The number of phenols is 1. The van der Waals surface area contributed by atoms with Crippen molar-refractivity contribution >= 4 is 17.2 Å². The zero-order valence-electron chi connectivity index (χ0n) is 14.7. The van der Waals surface area contributed by atoms with E-state index in [-0.39, 0.29) is 11.7 Å². The minimum atomic E-state index is -0.120. The number of hydrogen-bond acceptors (Lipinski definition) is 5. The van der Waals surface area contributed by atoms with Gasteiger partial charge in [-0.15, -0.1) is 11.3 Å². The summed E-state index contributed by atoms with van der Waals surface area (Å²) >= 11 is 1.68. The van der Waals surface area contributed by atoms with Gasteiger partial charge in [0.15, 0.2) is 0 Å². The number of ether oxygens (including phenoxy) is 1. The van der Waals surface area contributed by atoms with Crippen molar-refractivity contribution in [2.75, 3.05) is 20.3 Å². The van der Waals surface area contributed by atoms with Crippen LogP contribution in [0.1, 0.15) is 20.2 Å². The van der Waals surface area contributed by atoms with Crippen LogP contribution in [-0.4, -0.2) is 46.4 Å². The highest BCUT2D eigenvalue weighted by Gasteiger charge is 2.19. The van der Waals surface area contributed by atoms with E-state index in [0.29, 0.717) is 31.1 Å². The van der Waals surface area contributed by atoms with Gasteiger partial charge < -0.3 is 14.7 Å². The Kier molecular flexibility index (Phi) is 5.70. The number of aromatic hydroxyl groups is 1. The normalized spacial score (nSPS) is 10.8. The average molecular weight is 371 g/mol. The summed E-state index contributed by atoms with van der Waals surface area (Å²) in [6.07, 6.45) is 0. The molecule has 136 valence electrons. The van der Waals surface area contributed by atoms with Gasteiger partial charge in [-0.05, 0) is 49.4 Å². The van der Waals surface area contributed by atoms with E-state index in [1.807, 2.05) is 13.0 Å².